The van der Waals surface area contributed by atoms with Gasteiger partial charge in [-0.25, -0.2) is 4.79 Å². The van der Waals surface area contributed by atoms with Crippen molar-refractivity contribution in [1.29, 1.82) is 0 Å². The molecule has 0 heterocycles. The molecule has 3 nitrogen and oxygen atoms in total. The second-order valence-corrected chi connectivity index (χ2v) is 1.11. The minimum absolute atomic E-state index is 0.384. The molecule has 0 bridgehead atoms. The topological polar surface area (TPSA) is 38.7 Å². The minimum Gasteiger partial charge on any atom is -0.498 e. The van der Waals surface area contributed by atoms with Crippen molar-refractivity contribution in [3.63, 3.8) is 0 Å². The van der Waals surface area contributed by atoms with Crippen LogP contribution in [0.1, 0.15) is 0 Å². The van der Waals surface area contributed by atoms with Crippen LogP contribution < -0.4 is 0 Å². The van der Waals surface area contributed by atoms with E-state index in [0.29, 0.717) is 6.61 Å². The summed E-state index contributed by atoms with van der Waals surface area (Å²) in [5, 5.41) is 0. The second-order valence-electron chi connectivity index (χ2n) is 1.11. The van der Waals surface area contributed by atoms with Crippen molar-refractivity contribution in [3.05, 3.63) is 25.1 Å². The first-order valence-electron chi connectivity index (χ1n) is 2.36. The number of hydrogen-bond acceptors (Lipinski definition) is 3. The summed E-state index contributed by atoms with van der Waals surface area (Å²) in [4.78, 5) is 12.6. The SMILES string of the molecule is C=COCC=CN=C=O. The van der Waals surface area contributed by atoms with Crippen LogP contribution >= 0.6 is 0 Å². The third-order valence-electron chi connectivity index (χ3n) is 0.543. The third-order valence-corrected chi connectivity index (χ3v) is 0.543. The zero-order valence-corrected chi connectivity index (χ0v) is 4.91. The van der Waals surface area contributed by atoms with E-state index in [4.69, 9.17) is 0 Å². The number of rotatable bonds is 4. The predicted octanol–water partition coefficient (Wildman–Crippen LogP) is 0.996. The number of isocyanates is 1. The Balaban J connectivity index is 3.24. The van der Waals surface area contributed by atoms with E-state index >= 15 is 0 Å². The molecule has 0 aliphatic rings. The fourth-order valence-corrected chi connectivity index (χ4v) is 0.250. The van der Waals surface area contributed by atoms with Gasteiger partial charge in [-0.3, -0.25) is 0 Å². The summed E-state index contributed by atoms with van der Waals surface area (Å²) >= 11 is 0. The van der Waals surface area contributed by atoms with Gasteiger partial charge in [-0.2, -0.15) is 4.99 Å². The summed E-state index contributed by atoms with van der Waals surface area (Å²) in [6.45, 7) is 3.70. The average molecular weight is 125 g/mol. The van der Waals surface area contributed by atoms with Crippen LogP contribution in [0.4, 0.5) is 0 Å². The number of carbonyl (C=O) groups excluding carboxylic acids is 1. The summed E-state index contributed by atoms with van der Waals surface area (Å²) in [6.07, 6.45) is 5.56. The van der Waals surface area contributed by atoms with Gasteiger partial charge >= 0.3 is 0 Å². The van der Waals surface area contributed by atoms with Crippen molar-refractivity contribution in [1.82, 2.24) is 0 Å². The van der Waals surface area contributed by atoms with Gasteiger partial charge in [0.25, 0.3) is 0 Å². The molecule has 0 radical (unpaired) electrons. The van der Waals surface area contributed by atoms with E-state index in [-0.39, 0.29) is 0 Å². The average Bonchev–Trinajstić information content (AvgIpc) is 1.89. The van der Waals surface area contributed by atoms with Crippen molar-refractivity contribution in [2.24, 2.45) is 4.99 Å². The first-order chi connectivity index (χ1) is 4.41. The van der Waals surface area contributed by atoms with Crippen LogP contribution in [0.3, 0.4) is 0 Å². The molecule has 9 heavy (non-hydrogen) atoms. The zero-order valence-electron chi connectivity index (χ0n) is 4.91. The highest BCUT2D eigenvalue weighted by Crippen LogP contribution is 1.76. The highest BCUT2D eigenvalue weighted by atomic mass is 16.5. The molecule has 0 N–H and O–H groups in total. The Hall–Kier alpha value is -1.34. The van der Waals surface area contributed by atoms with Gasteiger partial charge in [0.2, 0.25) is 6.08 Å². The Morgan fingerprint density at radius 2 is 2.56 bits per heavy atom. The Morgan fingerprint density at radius 1 is 1.78 bits per heavy atom. The lowest BCUT2D eigenvalue weighted by Gasteiger charge is -1.87. The van der Waals surface area contributed by atoms with Crippen molar-refractivity contribution >= 4 is 6.08 Å². The van der Waals surface area contributed by atoms with E-state index < -0.39 is 0 Å². The minimum atomic E-state index is 0.384. The molecule has 0 aromatic carbocycles. The molecule has 0 aliphatic heterocycles. The lowest BCUT2D eigenvalue weighted by molar-refractivity contribution is 0.291. The smallest absolute Gasteiger partial charge is 0.239 e. The lowest BCUT2D eigenvalue weighted by atomic mass is 10.6. The van der Waals surface area contributed by atoms with Gasteiger partial charge in [-0.1, -0.05) is 6.58 Å². The summed E-state index contributed by atoms with van der Waals surface area (Å²) in [5.41, 5.74) is 0. The van der Waals surface area contributed by atoms with Gasteiger partial charge in [0.05, 0.1) is 6.26 Å². The molecule has 0 rings (SSSR count). The van der Waals surface area contributed by atoms with Gasteiger partial charge in [0.15, 0.2) is 0 Å². The fourth-order valence-electron chi connectivity index (χ4n) is 0.250. The summed E-state index contributed by atoms with van der Waals surface area (Å²) in [6, 6.07) is 0. The van der Waals surface area contributed by atoms with Gasteiger partial charge < -0.3 is 4.74 Å². The molecule has 0 aromatic heterocycles. The van der Waals surface area contributed by atoms with Crippen LogP contribution in [-0.2, 0) is 9.53 Å². The molecule has 0 atom stereocenters. The van der Waals surface area contributed by atoms with E-state index in [2.05, 4.69) is 16.3 Å². The molecule has 0 saturated heterocycles. The summed E-state index contributed by atoms with van der Waals surface area (Å²) in [5.74, 6) is 0. The molecular weight excluding hydrogens is 118 g/mol. The van der Waals surface area contributed by atoms with Crippen molar-refractivity contribution in [2.75, 3.05) is 6.61 Å². The van der Waals surface area contributed by atoms with Crippen LogP contribution in [0.2, 0.25) is 0 Å². The van der Waals surface area contributed by atoms with E-state index in [9.17, 15) is 4.79 Å². The van der Waals surface area contributed by atoms with Crippen LogP contribution in [0.5, 0.6) is 0 Å². The van der Waals surface area contributed by atoms with E-state index in [0.717, 1.165) is 0 Å². The van der Waals surface area contributed by atoms with Crippen molar-refractivity contribution in [3.8, 4) is 0 Å². The molecule has 0 fully saturated rings. The number of nitrogens with zero attached hydrogens (tertiary/aromatic N) is 1. The Labute approximate surface area is 53.4 Å². The third kappa shape index (κ3) is 6.66. The molecule has 3 heteroatoms. The second kappa shape index (κ2) is 6.66. The van der Waals surface area contributed by atoms with Crippen LogP contribution in [0.25, 0.3) is 0 Å². The Bertz CT molecular complexity index is 145. The fraction of sp³-hybridized carbons (Fsp3) is 0.167. The number of ether oxygens (including phenoxy) is 1. The predicted molar refractivity (Wildman–Crippen MR) is 33.4 cm³/mol. The molecular formula is C6H7NO2. The van der Waals surface area contributed by atoms with Crippen molar-refractivity contribution in [2.45, 2.75) is 0 Å². The highest BCUT2D eigenvalue weighted by molar-refractivity contribution is 5.34. The molecule has 0 amide bonds. The van der Waals surface area contributed by atoms with Gasteiger partial charge in [0, 0.05) is 6.20 Å². The van der Waals surface area contributed by atoms with E-state index in [1.165, 1.54) is 18.5 Å². The molecule has 0 spiro atoms. The molecule has 48 valence electrons. The number of aliphatic imine (C=N–C) groups is 1. The van der Waals surface area contributed by atoms with Crippen LogP contribution in [0.15, 0.2) is 30.1 Å². The quantitative estimate of drug-likeness (QED) is 0.243. The van der Waals surface area contributed by atoms with Crippen LogP contribution in [0, 0.1) is 0 Å². The molecule has 0 unspecified atom stereocenters. The molecule has 0 saturated carbocycles. The van der Waals surface area contributed by atoms with E-state index in [1.807, 2.05) is 0 Å². The molecule has 0 aromatic rings. The van der Waals surface area contributed by atoms with E-state index in [1.54, 1.807) is 6.08 Å². The first kappa shape index (κ1) is 7.66. The largest absolute Gasteiger partial charge is 0.498 e. The maximum Gasteiger partial charge on any atom is 0.239 e. The van der Waals surface area contributed by atoms with Gasteiger partial charge in [-0.15, -0.1) is 0 Å². The maximum absolute atomic E-state index is 9.43. The normalized spacial score (nSPS) is 8.44. The summed E-state index contributed by atoms with van der Waals surface area (Å²) in [7, 11) is 0. The highest BCUT2D eigenvalue weighted by Gasteiger charge is 1.68. The standard InChI is InChI=1S/C6H7NO2/c1-2-9-5-3-4-7-6-8/h2-4H,1,5H2. The summed E-state index contributed by atoms with van der Waals surface area (Å²) < 4.78 is 4.67. The zero-order chi connectivity index (χ0) is 6.95. The Morgan fingerprint density at radius 3 is 3.11 bits per heavy atom. The van der Waals surface area contributed by atoms with Crippen molar-refractivity contribution < 1.29 is 9.53 Å². The van der Waals surface area contributed by atoms with Gasteiger partial charge in [0.1, 0.15) is 6.61 Å². The monoisotopic (exact) mass is 125 g/mol. The maximum atomic E-state index is 9.43. The lowest BCUT2D eigenvalue weighted by Crippen LogP contribution is -1.77. The van der Waals surface area contributed by atoms with Gasteiger partial charge in [-0.05, 0) is 6.08 Å². The molecule has 0 aliphatic carbocycles. The number of hydrogen-bond donors (Lipinski definition) is 0. The first-order valence-corrected chi connectivity index (χ1v) is 2.36. The Kier molecular flexibility index (Phi) is 5.67. The van der Waals surface area contributed by atoms with Crippen LogP contribution in [-0.4, -0.2) is 12.7 Å².